The zero-order valence-electron chi connectivity index (χ0n) is 25.7. The van der Waals surface area contributed by atoms with Crippen molar-refractivity contribution in [2.45, 2.75) is 126 Å². The van der Waals surface area contributed by atoms with Crippen molar-refractivity contribution in [3.8, 4) is 0 Å². The van der Waals surface area contributed by atoms with Crippen molar-refractivity contribution in [1.82, 2.24) is 0 Å². The number of hydrogen-bond acceptors (Lipinski definition) is 4. The fourth-order valence-electron chi connectivity index (χ4n) is 11.5. The van der Waals surface area contributed by atoms with Crippen LogP contribution in [0.2, 0.25) is 0 Å². The highest BCUT2D eigenvalue weighted by molar-refractivity contribution is 5.66. The first-order valence-electron chi connectivity index (χ1n) is 15.6. The zero-order chi connectivity index (χ0) is 27.9. The molecule has 0 radical (unpaired) electrons. The van der Waals surface area contributed by atoms with Crippen LogP contribution in [-0.2, 0) is 19.1 Å². The van der Waals surface area contributed by atoms with Gasteiger partial charge in [-0.25, -0.2) is 0 Å². The van der Waals surface area contributed by atoms with Crippen molar-refractivity contribution < 1.29 is 19.1 Å². The van der Waals surface area contributed by atoms with Crippen molar-refractivity contribution in [2.24, 2.45) is 56.7 Å². The Labute approximate surface area is 232 Å². The quantitative estimate of drug-likeness (QED) is 0.275. The van der Waals surface area contributed by atoms with E-state index < -0.39 is 0 Å². The second-order valence-electron chi connectivity index (χ2n) is 15.7. The Morgan fingerprint density at radius 3 is 2.24 bits per heavy atom. The van der Waals surface area contributed by atoms with Gasteiger partial charge in [-0.2, -0.15) is 0 Å². The second-order valence-corrected chi connectivity index (χ2v) is 15.7. The Hall–Kier alpha value is -1.32. The molecule has 0 aromatic carbocycles. The van der Waals surface area contributed by atoms with Gasteiger partial charge in [-0.1, -0.05) is 60.1 Å². The molecule has 0 saturated heterocycles. The molecule has 0 spiro atoms. The molecule has 0 aromatic heterocycles. The third-order valence-electron chi connectivity index (χ3n) is 14.0. The smallest absolute Gasteiger partial charge is 0.302 e. The molecule has 5 rings (SSSR count). The van der Waals surface area contributed by atoms with Crippen LogP contribution in [0.25, 0.3) is 0 Å². The fraction of sp³-hybridized carbons (Fsp3) is 0.882. The number of esters is 2. The Balaban J connectivity index is 1.54. The minimum Gasteiger partial charge on any atom is -0.465 e. The van der Waals surface area contributed by atoms with Crippen molar-refractivity contribution in [2.75, 3.05) is 6.61 Å². The van der Waals surface area contributed by atoms with Gasteiger partial charge in [0.05, 0.1) is 6.61 Å². The maximum Gasteiger partial charge on any atom is 0.302 e. The summed E-state index contributed by atoms with van der Waals surface area (Å²) in [7, 11) is 0. The first-order valence-corrected chi connectivity index (χ1v) is 15.6. The third-order valence-corrected chi connectivity index (χ3v) is 14.0. The number of rotatable bonds is 3. The van der Waals surface area contributed by atoms with Gasteiger partial charge in [-0.3, -0.25) is 9.59 Å². The molecule has 0 N–H and O–H groups in total. The summed E-state index contributed by atoms with van der Waals surface area (Å²) in [6.07, 6.45) is 13.2. The van der Waals surface area contributed by atoms with E-state index in [4.69, 9.17) is 9.47 Å². The van der Waals surface area contributed by atoms with Gasteiger partial charge in [0.25, 0.3) is 0 Å². The highest BCUT2D eigenvalue weighted by Crippen LogP contribution is 2.75. The summed E-state index contributed by atoms with van der Waals surface area (Å²) in [5.74, 6) is 2.73. The molecule has 0 aromatic rings. The largest absolute Gasteiger partial charge is 0.465 e. The number of hydrogen-bond donors (Lipinski definition) is 0. The van der Waals surface area contributed by atoms with Crippen LogP contribution in [0, 0.1) is 56.7 Å². The molecule has 4 heteroatoms. The Bertz CT molecular complexity index is 1010. The average molecular weight is 527 g/mol. The summed E-state index contributed by atoms with van der Waals surface area (Å²) >= 11 is 0. The van der Waals surface area contributed by atoms with E-state index in [-0.39, 0.29) is 45.1 Å². The summed E-state index contributed by atoms with van der Waals surface area (Å²) in [4.78, 5) is 23.9. The van der Waals surface area contributed by atoms with Crippen LogP contribution in [0.1, 0.15) is 120 Å². The van der Waals surface area contributed by atoms with Gasteiger partial charge in [0, 0.05) is 24.7 Å². The van der Waals surface area contributed by atoms with E-state index in [9.17, 15) is 9.59 Å². The van der Waals surface area contributed by atoms with Crippen LogP contribution >= 0.6 is 0 Å². The van der Waals surface area contributed by atoms with E-state index in [1.165, 1.54) is 32.1 Å². The summed E-state index contributed by atoms with van der Waals surface area (Å²) in [6.45, 7) is 21.2. The lowest BCUT2D eigenvalue weighted by molar-refractivity contribution is -0.214. The van der Waals surface area contributed by atoms with E-state index in [1.807, 2.05) is 0 Å². The molecule has 0 heterocycles. The molecule has 0 bridgehead atoms. The molecule has 4 saturated carbocycles. The second kappa shape index (κ2) is 9.10. The Kier molecular flexibility index (Phi) is 6.76. The Morgan fingerprint density at radius 2 is 1.58 bits per heavy atom. The van der Waals surface area contributed by atoms with Crippen LogP contribution in [0.5, 0.6) is 0 Å². The number of fused-ring (bicyclic) bond motifs is 7. The predicted molar refractivity (Wildman–Crippen MR) is 151 cm³/mol. The minimum absolute atomic E-state index is 0.00996. The van der Waals surface area contributed by atoms with Crippen molar-refractivity contribution in [3.05, 3.63) is 11.6 Å². The van der Waals surface area contributed by atoms with Crippen LogP contribution in [0.3, 0.4) is 0 Å². The van der Waals surface area contributed by atoms with E-state index >= 15 is 0 Å². The average Bonchev–Trinajstić information content (AvgIpc) is 2.82. The van der Waals surface area contributed by atoms with Gasteiger partial charge in [-0.05, 0) is 104 Å². The summed E-state index contributed by atoms with van der Waals surface area (Å²) in [5, 5.41) is 0. The van der Waals surface area contributed by atoms with Gasteiger partial charge >= 0.3 is 11.9 Å². The molecule has 38 heavy (non-hydrogen) atoms. The zero-order valence-corrected chi connectivity index (χ0v) is 25.7. The number of ether oxygens (including phenoxy) is 2. The van der Waals surface area contributed by atoms with Crippen LogP contribution in [0.4, 0.5) is 0 Å². The van der Waals surface area contributed by atoms with Gasteiger partial charge < -0.3 is 9.47 Å². The predicted octanol–water partition coefficient (Wildman–Crippen LogP) is 8.14. The minimum atomic E-state index is -0.139. The van der Waals surface area contributed by atoms with Crippen molar-refractivity contribution >= 4 is 11.9 Å². The van der Waals surface area contributed by atoms with Crippen LogP contribution in [-0.4, -0.2) is 24.6 Å². The molecule has 10 unspecified atom stereocenters. The monoisotopic (exact) mass is 526 g/mol. The van der Waals surface area contributed by atoms with Gasteiger partial charge in [0.15, 0.2) is 0 Å². The van der Waals surface area contributed by atoms with E-state index in [0.717, 1.165) is 25.7 Å². The molecule has 4 nitrogen and oxygen atoms in total. The third kappa shape index (κ3) is 3.80. The normalized spacial score (nSPS) is 49.3. The molecule has 10 atom stereocenters. The molecule has 0 amide bonds. The van der Waals surface area contributed by atoms with E-state index in [1.54, 1.807) is 19.4 Å². The van der Waals surface area contributed by atoms with Gasteiger partial charge in [-0.15, -0.1) is 0 Å². The number of carbonyl (C=O) groups excluding carboxylic acids is 2. The molecule has 5 aliphatic carbocycles. The van der Waals surface area contributed by atoms with Crippen LogP contribution < -0.4 is 0 Å². The molecule has 214 valence electrons. The summed E-state index contributed by atoms with van der Waals surface area (Å²) in [6, 6.07) is 0. The lowest BCUT2D eigenvalue weighted by atomic mass is 9.33. The number of allylic oxidation sites excluding steroid dienone is 2. The SMILES string of the molecule is CC(=O)OCC12CCC(C)C(C)C1C1=CCC3C4(C)CCC(OC(C)=O)C(C)(C)C4CCC3(C)C1(C)CC2. The molecule has 4 fully saturated rings. The highest BCUT2D eigenvalue weighted by atomic mass is 16.5. The van der Waals surface area contributed by atoms with Crippen molar-refractivity contribution in [1.29, 1.82) is 0 Å². The van der Waals surface area contributed by atoms with Crippen LogP contribution in [0.15, 0.2) is 11.6 Å². The topological polar surface area (TPSA) is 52.6 Å². The summed E-state index contributed by atoms with van der Waals surface area (Å²) < 4.78 is 11.7. The standard InChI is InChI=1S/C34H54O4/c1-21-12-17-34(20-37-23(3)35)19-18-32(8)25(29(34)22(21)2)10-11-27-31(7)15-14-28(38-24(4)36)30(5,6)26(31)13-16-33(27,32)9/h10,21-22,26-29H,11-20H2,1-9H3. The van der Waals surface area contributed by atoms with Gasteiger partial charge in [0.2, 0.25) is 0 Å². The van der Waals surface area contributed by atoms with Gasteiger partial charge in [0.1, 0.15) is 6.10 Å². The van der Waals surface area contributed by atoms with E-state index in [2.05, 4.69) is 54.5 Å². The maximum atomic E-state index is 11.9. The summed E-state index contributed by atoms with van der Waals surface area (Å²) in [5.41, 5.74) is 2.47. The Morgan fingerprint density at radius 1 is 0.868 bits per heavy atom. The lowest BCUT2D eigenvalue weighted by Crippen LogP contribution is -2.65. The molecule has 5 aliphatic rings. The lowest BCUT2D eigenvalue weighted by Gasteiger charge is -2.71. The first kappa shape index (κ1) is 28.2. The molecular formula is C34H54O4. The molecular weight excluding hydrogens is 472 g/mol. The van der Waals surface area contributed by atoms with E-state index in [0.29, 0.717) is 36.2 Å². The number of carbonyl (C=O) groups is 2. The maximum absolute atomic E-state index is 11.9. The highest BCUT2D eigenvalue weighted by Gasteiger charge is 2.69. The molecule has 0 aliphatic heterocycles. The van der Waals surface area contributed by atoms with Crippen molar-refractivity contribution in [3.63, 3.8) is 0 Å². The first-order chi connectivity index (χ1) is 17.6. The fourth-order valence-corrected chi connectivity index (χ4v) is 11.5.